The van der Waals surface area contributed by atoms with E-state index in [9.17, 15) is 22.8 Å². The third-order valence-electron chi connectivity index (χ3n) is 8.89. The highest BCUT2D eigenvalue weighted by Gasteiger charge is 2.39. The van der Waals surface area contributed by atoms with Gasteiger partial charge in [-0.15, -0.1) is 0 Å². The molecule has 4 aromatic rings. The zero-order valence-electron chi connectivity index (χ0n) is 26.9. The minimum atomic E-state index is -4.41. The number of pyridine rings is 3. The van der Waals surface area contributed by atoms with Crippen LogP contribution >= 0.6 is 0 Å². The van der Waals surface area contributed by atoms with E-state index < -0.39 is 24.7 Å². The third-order valence-corrected chi connectivity index (χ3v) is 8.89. The molecule has 5 heterocycles. The van der Waals surface area contributed by atoms with Gasteiger partial charge in [-0.3, -0.25) is 19.4 Å². The first-order valence-corrected chi connectivity index (χ1v) is 15.1. The molecule has 0 spiro atoms. The highest BCUT2D eigenvalue weighted by atomic mass is 19.4. The number of halogens is 3. The fraction of sp³-hybridized carbons (Fsp3) is 0.424. The molecule has 0 saturated carbocycles. The fourth-order valence-corrected chi connectivity index (χ4v) is 6.58. The Hall–Kier alpha value is -4.36. The number of fused-ring (bicyclic) bond motifs is 1. The molecule has 2 atom stereocenters. The molecule has 46 heavy (non-hydrogen) atoms. The summed E-state index contributed by atoms with van der Waals surface area (Å²) in [5.74, 6) is 0.556. The number of aromatic amines is 1. The van der Waals surface area contributed by atoms with E-state index in [4.69, 9.17) is 10.5 Å². The average molecular weight is 640 g/mol. The van der Waals surface area contributed by atoms with Gasteiger partial charge in [0.1, 0.15) is 11.6 Å². The smallest absolute Gasteiger partial charge is 0.401 e. The Morgan fingerprint density at radius 2 is 1.93 bits per heavy atom. The number of nitrogens with two attached hydrogens (primary N) is 1. The number of H-pyrrole nitrogens is 1. The van der Waals surface area contributed by atoms with Crippen molar-refractivity contribution in [2.24, 2.45) is 5.73 Å². The molecule has 1 aliphatic rings. The molecule has 1 fully saturated rings. The predicted molar refractivity (Wildman–Crippen MR) is 172 cm³/mol. The van der Waals surface area contributed by atoms with Gasteiger partial charge in [0.25, 0.3) is 5.56 Å². The molecule has 5 rings (SSSR count). The maximum atomic E-state index is 13.7. The van der Waals surface area contributed by atoms with Gasteiger partial charge in [-0.1, -0.05) is 0 Å². The Morgan fingerprint density at radius 3 is 2.59 bits per heavy atom. The molecule has 0 radical (unpaired) electrons. The van der Waals surface area contributed by atoms with Crippen LogP contribution in [0, 0.1) is 13.8 Å². The maximum Gasteiger partial charge on any atom is 0.401 e. The Morgan fingerprint density at radius 1 is 1.20 bits per heavy atom. The molecule has 2 unspecified atom stereocenters. The second kappa shape index (κ2) is 12.8. The number of hydrogen-bond acceptors (Lipinski definition) is 7. The summed E-state index contributed by atoms with van der Waals surface area (Å²) in [7, 11) is 5.26. The van der Waals surface area contributed by atoms with Gasteiger partial charge < -0.3 is 24.8 Å². The van der Waals surface area contributed by atoms with E-state index in [1.807, 2.05) is 61.6 Å². The molecule has 1 amide bonds. The lowest BCUT2D eigenvalue weighted by atomic mass is 9.97. The Balaban J connectivity index is 1.56. The van der Waals surface area contributed by atoms with E-state index in [1.165, 1.54) is 12.0 Å². The number of nitrogens with zero attached hydrogens (tertiary/aromatic N) is 5. The van der Waals surface area contributed by atoms with Gasteiger partial charge in [0, 0.05) is 80.7 Å². The Kier molecular flexibility index (Phi) is 9.19. The second-order valence-corrected chi connectivity index (χ2v) is 12.2. The summed E-state index contributed by atoms with van der Waals surface area (Å²) in [5, 5.41) is 0. The van der Waals surface area contributed by atoms with Crippen LogP contribution in [-0.2, 0) is 6.42 Å². The monoisotopic (exact) mass is 639 g/mol. The number of ether oxygens (including phenoxy) is 1. The van der Waals surface area contributed by atoms with Crippen LogP contribution in [0.1, 0.15) is 45.8 Å². The van der Waals surface area contributed by atoms with Gasteiger partial charge in [0.2, 0.25) is 5.91 Å². The van der Waals surface area contributed by atoms with Crippen LogP contribution in [0.15, 0.2) is 47.5 Å². The molecule has 4 aromatic heterocycles. The summed E-state index contributed by atoms with van der Waals surface area (Å²) >= 11 is 0. The molecule has 0 aromatic carbocycles. The number of primary amides is 1. The lowest BCUT2D eigenvalue weighted by Crippen LogP contribution is -2.57. The van der Waals surface area contributed by atoms with Gasteiger partial charge in [-0.2, -0.15) is 13.2 Å². The van der Waals surface area contributed by atoms with Crippen molar-refractivity contribution in [3.05, 3.63) is 81.2 Å². The number of piperazine rings is 1. The van der Waals surface area contributed by atoms with Gasteiger partial charge in [-0.05, 0) is 68.7 Å². The largest absolute Gasteiger partial charge is 0.496 e. The Labute approximate surface area is 265 Å². The first kappa shape index (κ1) is 33.0. The minimum absolute atomic E-state index is 0.0672. The lowest BCUT2D eigenvalue weighted by molar-refractivity contribution is -0.156. The molecule has 3 N–H and O–H groups in total. The van der Waals surface area contributed by atoms with Gasteiger partial charge >= 0.3 is 6.18 Å². The number of methoxy groups -OCH3 is 1. The molecule has 1 aliphatic heterocycles. The average Bonchev–Trinajstić information content (AvgIpc) is 3.41. The van der Waals surface area contributed by atoms with Crippen molar-refractivity contribution < 1.29 is 22.7 Å². The number of carbonyl (C=O) groups is 1. The zero-order chi connectivity index (χ0) is 33.5. The highest BCUT2D eigenvalue weighted by molar-refractivity contribution is 5.97. The van der Waals surface area contributed by atoms with Crippen molar-refractivity contribution in [1.82, 2.24) is 24.2 Å². The van der Waals surface area contributed by atoms with Crippen LogP contribution in [0.5, 0.6) is 5.75 Å². The van der Waals surface area contributed by atoms with E-state index in [0.29, 0.717) is 34.7 Å². The van der Waals surface area contributed by atoms with Crippen molar-refractivity contribution in [2.75, 3.05) is 52.3 Å². The summed E-state index contributed by atoms with van der Waals surface area (Å²) in [6.45, 7) is 5.20. The number of alkyl halides is 3. The molecular weight excluding hydrogens is 599 g/mol. The van der Waals surface area contributed by atoms with Crippen molar-refractivity contribution in [3.63, 3.8) is 0 Å². The number of aryl methyl sites for hydroxylation is 1. The van der Waals surface area contributed by atoms with Crippen LogP contribution in [0.3, 0.4) is 0 Å². The van der Waals surface area contributed by atoms with Crippen LogP contribution in [0.25, 0.3) is 16.6 Å². The quantitative estimate of drug-likeness (QED) is 0.281. The standard InChI is InChI=1S/C33H40F3N7O3/c1-19-13-28(46-6)26(32(45)39-19)15-23-17-41(11-12-42(23)18-33(34,35)36)21(3)30-20(2)25(31(37)44)16-27-24(8-10-43(27)30)22-7-9-38-29(14-22)40(4)5/h7-10,13-14,16,21,23H,11-12,15,17-18H2,1-6H3,(H2,37,44)(H,39,45). The normalized spacial score (nSPS) is 16.9. The van der Waals surface area contributed by atoms with Crippen molar-refractivity contribution in [1.29, 1.82) is 0 Å². The molecule has 0 bridgehead atoms. The van der Waals surface area contributed by atoms with Crippen LogP contribution < -0.4 is 20.9 Å². The number of hydrogen-bond donors (Lipinski definition) is 2. The summed E-state index contributed by atoms with van der Waals surface area (Å²) in [4.78, 5) is 38.2. The molecular formula is C33H40F3N7O3. The lowest BCUT2D eigenvalue weighted by Gasteiger charge is -2.44. The van der Waals surface area contributed by atoms with Crippen LogP contribution in [0.4, 0.5) is 19.0 Å². The number of amides is 1. The molecule has 1 saturated heterocycles. The minimum Gasteiger partial charge on any atom is -0.496 e. The van der Waals surface area contributed by atoms with Gasteiger partial charge in [-0.25, -0.2) is 4.98 Å². The van der Waals surface area contributed by atoms with E-state index in [2.05, 4.69) is 14.9 Å². The highest BCUT2D eigenvalue weighted by Crippen LogP contribution is 2.35. The number of nitrogens with one attached hydrogen (secondary N) is 1. The SMILES string of the molecule is COc1cc(C)[nH]c(=O)c1CC1CN(C(C)c2c(C)c(C(N)=O)cc3c(-c4ccnc(N(C)C)c4)ccn23)CCN1CC(F)(F)F. The first-order valence-electron chi connectivity index (χ1n) is 15.1. The molecule has 10 nitrogen and oxygen atoms in total. The van der Waals surface area contributed by atoms with Crippen LogP contribution in [0.2, 0.25) is 0 Å². The maximum absolute atomic E-state index is 13.7. The molecule has 13 heteroatoms. The number of anilines is 1. The zero-order valence-corrected chi connectivity index (χ0v) is 26.9. The van der Waals surface area contributed by atoms with E-state index in [1.54, 1.807) is 25.3 Å². The molecule has 0 aliphatic carbocycles. The van der Waals surface area contributed by atoms with Crippen LogP contribution in [-0.4, -0.2) is 89.7 Å². The van der Waals surface area contributed by atoms with E-state index >= 15 is 0 Å². The summed E-state index contributed by atoms with van der Waals surface area (Å²) in [5.41, 5.74) is 10.9. The van der Waals surface area contributed by atoms with Crippen molar-refractivity contribution in [3.8, 4) is 16.9 Å². The van der Waals surface area contributed by atoms with Crippen molar-refractivity contribution in [2.45, 2.75) is 45.5 Å². The summed E-state index contributed by atoms with van der Waals surface area (Å²) in [6, 6.07) is 8.37. The topological polar surface area (TPSA) is 112 Å². The number of aromatic nitrogens is 3. The van der Waals surface area contributed by atoms with E-state index in [0.717, 1.165) is 28.2 Å². The number of rotatable bonds is 9. The second-order valence-electron chi connectivity index (χ2n) is 12.2. The fourth-order valence-electron chi connectivity index (χ4n) is 6.58. The van der Waals surface area contributed by atoms with Gasteiger partial charge in [0.15, 0.2) is 0 Å². The predicted octanol–water partition coefficient (Wildman–Crippen LogP) is 4.33. The summed E-state index contributed by atoms with van der Waals surface area (Å²) < 4.78 is 48.6. The summed E-state index contributed by atoms with van der Waals surface area (Å²) in [6.07, 6.45) is -0.666. The number of carbonyl (C=O) groups excluding carboxylic acids is 1. The Bertz CT molecular complexity index is 1810. The third kappa shape index (κ3) is 6.61. The first-order chi connectivity index (χ1) is 21.7. The molecule has 246 valence electrons. The van der Waals surface area contributed by atoms with Crippen molar-refractivity contribution >= 4 is 17.2 Å². The van der Waals surface area contributed by atoms with E-state index in [-0.39, 0.29) is 31.1 Å². The van der Waals surface area contributed by atoms with Gasteiger partial charge in [0.05, 0.1) is 24.7 Å².